The van der Waals surface area contributed by atoms with Crippen LogP contribution in [-0.4, -0.2) is 30.3 Å². The number of ether oxygens (including phenoxy) is 2. The Balaban J connectivity index is 2.73. The standard InChI is InChI=1S/C12H11NO4/c1-16-9-4-7-3-8(12(14)15)5-10(17-2)11(7)13-6-9/h3-6H,1-2H3,(H,14,15). The van der Waals surface area contributed by atoms with Gasteiger partial charge in [-0.2, -0.15) is 0 Å². The number of aromatic nitrogens is 1. The Hall–Kier alpha value is -2.30. The van der Waals surface area contributed by atoms with Crippen molar-refractivity contribution < 1.29 is 19.4 Å². The van der Waals surface area contributed by atoms with Crippen LogP contribution >= 0.6 is 0 Å². The van der Waals surface area contributed by atoms with Crippen molar-refractivity contribution in [1.29, 1.82) is 0 Å². The molecule has 2 rings (SSSR count). The minimum absolute atomic E-state index is 0.157. The normalized spacial score (nSPS) is 10.2. The van der Waals surface area contributed by atoms with Crippen LogP contribution in [0.25, 0.3) is 10.9 Å². The van der Waals surface area contributed by atoms with E-state index in [1.807, 2.05) is 0 Å². The number of methoxy groups -OCH3 is 2. The summed E-state index contributed by atoms with van der Waals surface area (Å²) in [7, 11) is 3.01. The van der Waals surface area contributed by atoms with Crippen LogP contribution in [0.5, 0.6) is 11.5 Å². The van der Waals surface area contributed by atoms with Crippen molar-refractivity contribution in [2.24, 2.45) is 0 Å². The molecular formula is C12H11NO4. The summed E-state index contributed by atoms with van der Waals surface area (Å²) in [5.41, 5.74) is 0.766. The van der Waals surface area contributed by atoms with Gasteiger partial charge < -0.3 is 14.6 Å². The highest BCUT2D eigenvalue weighted by molar-refractivity contribution is 5.96. The Morgan fingerprint density at radius 2 is 2.00 bits per heavy atom. The summed E-state index contributed by atoms with van der Waals surface area (Å²) in [5, 5.41) is 9.65. The number of carboxylic acids is 1. The van der Waals surface area contributed by atoms with Crippen molar-refractivity contribution in [1.82, 2.24) is 4.98 Å². The maximum absolute atomic E-state index is 11.0. The van der Waals surface area contributed by atoms with Gasteiger partial charge >= 0.3 is 5.97 Å². The molecule has 0 radical (unpaired) electrons. The Labute approximate surface area is 97.6 Å². The topological polar surface area (TPSA) is 68.7 Å². The van der Waals surface area contributed by atoms with Crippen molar-refractivity contribution in [3.8, 4) is 11.5 Å². The van der Waals surface area contributed by atoms with Crippen molar-refractivity contribution in [3.05, 3.63) is 30.0 Å². The minimum Gasteiger partial charge on any atom is -0.495 e. The van der Waals surface area contributed by atoms with Crippen molar-refractivity contribution in [3.63, 3.8) is 0 Å². The van der Waals surface area contributed by atoms with Gasteiger partial charge in [-0.1, -0.05) is 0 Å². The predicted octanol–water partition coefficient (Wildman–Crippen LogP) is 1.95. The maximum atomic E-state index is 11.0. The summed E-state index contributed by atoms with van der Waals surface area (Å²) >= 11 is 0. The molecule has 1 aromatic heterocycles. The summed E-state index contributed by atoms with van der Waals surface area (Å²) in [6.45, 7) is 0. The highest BCUT2D eigenvalue weighted by atomic mass is 16.5. The van der Waals surface area contributed by atoms with Gasteiger partial charge in [0.05, 0.1) is 26.0 Å². The van der Waals surface area contributed by atoms with Gasteiger partial charge in [-0.3, -0.25) is 0 Å². The molecule has 0 spiro atoms. The van der Waals surface area contributed by atoms with Crippen molar-refractivity contribution >= 4 is 16.9 Å². The lowest BCUT2D eigenvalue weighted by atomic mass is 10.1. The zero-order valence-corrected chi connectivity index (χ0v) is 9.43. The first kappa shape index (κ1) is 11.2. The average Bonchev–Trinajstić information content (AvgIpc) is 2.36. The zero-order valence-electron chi connectivity index (χ0n) is 9.43. The fraction of sp³-hybridized carbons (Fsp3) is 0.167. The number of aromatic carboxylic acids is 1. The highest BCUT2D eigenvalue weighted by Crippen LogP contribution is 2.28. The van der Waals surface area contributed by atoms with Crippen LogP contribution in [0.4, 0.5) is 0 Å². The molecule has 0 aliphatic rings. The Morgan fingerprint density at radius 1 is 1.24 bits per heavy atom. The molecule has 17 heavy (non-hydrogen) atoms. The van der Waals surface area contributed by atoms with Gasteiger partial charge in [0.1, 0.15) is 17.0 Å². The average molecular weight is 233 g/mol. The van der Waals surface area contributed by atoms with Crippen LogP contribution < -0.4 is 9.47 Å². The summed E-state index contributed by atoms with van der Waals surface area (Å²) in [4.78, 5) is 15.1. The molecule has 0 bridgehead atoms. The monoisotopic (exact) mass is 233 g/mol. The lowest BCUT2D eigenvalue weighted by Crippen LogP contribution is -1.98. The molecule has 88 valence electrons. The molecule has 0 amide bonds. The summed E-state index contributed by atoms with van der Waals surface area (Å²) in [5.74, 6) is -0.00216. The summed E-state index contributed by atoms with van der Waals surface area (Å²) < 4.78 is 10.2. The van der Waals surface area contributed by atoms with E-state index in [-0.39, 0.29) is 5.56 Å². The van der Waals surface area contributed by atoms with Gasteiger partial charge in [-0.15, -0.1) is 0 Å². The number of benzene rings is 1. The molecule has 0 atom stereocenters. The van der Waals surface area contributed by atoms with Gasteiger partial charge in [-0.05, 0) is 18.2 Å². The summed E-state index contributed by atoms with van der Waals surface area (Å²) in [6.07, 6.45) is 1.56. The van der Waals surface area contributed by atoms with Gasteiger partial charge in [0.15, 0.2) is 0 Å². The van der Waals surface area contributed by atoms with Gasteiger partial charge in [0, 0.05) is 5.39 Å². The number of rotatable bonds is 3. The molecular weight excluding hydrogens is 222 g/mol. The quantitative estimate of drug-likeness (QED) is 0.877. The van der Waals surface area contributed by atoms with E-state index in [0.29, 0.717) is 22.4 Å². The molecule has 0 aliphatic heterocycles. The van der Waals surface area contributed by atoms with E-state index in [1.165, 1.54) is 26.4 Å². The number of carboxylic acid groups (broad SMARTS) is 1. The maximum Gasteiger partial charge on any atom is 0.335 e. The third kappa shape index (κ3) is 1.99. The minimum atomic E-state index is -1.01. The first-order valence-corrected chi connectivity index (χ1v) is 4.91. The van der Waals surface area contributed by atoms with Crippen LogP contribution in [0.3, 0.4) is 0 Å². The van der Waals surface area contributed by atoms with E-state index in [2.05, 4.69) is 4.98 Å². The largest absolute Gasteiger partial charge is 0.495 e. The molecule has 1 aromatic carbocycles. The Morgan fingerprint density at radius 3 is 2.59 bits per heavy atom. The summed E-state index contributed by atoms with van der Waals surface area (Å²) in [6, 6.07) is 4.71. The number of pyridine rings is 1. The molecule has 0 unspecified atom stereocenters. The third-order valence-corrected chi connectivity index (χ3v) is 2.43. The predicted molar refractivity (Wildman–Crippen MR) is 61.8 cm³/mol. The first-order valence-electron chi connectivity index (χ1n) is 4.91. The van der Waals surface area contributed by atoms with E-state index < -0.39 is 5.97 Å². The van der Waals surface area contributed by atoms with E-state index in [1.54, 1.807) is 12.3 Å². The second kappa shape index (κ2) is 4.29. The van der Waals surface area contributed by atoms with Crippen LogP contribution in [0, 0.1) is 0 Å². The van der Waals surface area contributed by atoms with Crippen LogP contribution in [0.2, 0.25) is 0 Å². The Kier molecular flexibility index (Phi) is 2.82. The van der Waals surface area contributed by atoms with Crippen LogP contribution in [0.15, 0.2) is 24.4 Å². The number of hydrogen-bond acceptors (Lipinski definition) is 4. The molecule has 2 aromatic rings. The molecule has 5 heteroatoms. The Bertz CT molecular complexity index is 580. The highest BCUT2D eigenvalue weighted by Gasteiger charge is 2.11. The van der Waals surface area contributed by atoms with E-state index in [0.717, 1.165) is 0 Å². The van der Waals surface area contributed by atoms with Gasteiger partial charge in [0.2, 0.25) is 0 Å². The SMILES string of the molecule is COc1cnc2c(OC)cc(C(=O)O)cc2c1. The number of fused-ring (bicyclic) bond motifs is 1. The van der Waals surface area contributed by atoms with Crippen molar-refractivity contribution in [2.45, 2.75) is 0 Å². The second-order valence-corrected chi connectivity index (χ2v) is 3.43. The fourth-order valence-corrected chi connectivity index (χ4v) is 1.59. The number of carbonyl (C=O) groups is 1. The van der Waals surface area contributed by atoms with Crippen molar-refractivity contribution in [2.75, 3.05) is 14.2 Å². The van der Waals surface area contributed by atoms with E-state index in [9.17, 15) is 4.79 Å². The molecule has 5 nitrogen and oxygen atoms in total. The third-order valence-electron chi connectivity index (χ3n) is 2.43. The van der Waals surface area contributed by atoms with E-state index in [4.69, 9.17) is 14.6 Å². The van der Waals surface area contributed by atoms with E-state index >= 15 is 0 Å². The molecule has 1 heterocycles. The zero-order chi connectivity index (χ0) is 12.4. The molecule has 0 fully saturated rings. The second-order valence-electron chi connectivity index (χ2n) is 3.43. The first-order chi connectivity index (χ1) is 8.15. The van der Waals surface area contributed by atoms with Gasteiger partial charge in [0.25, 0.3) is 0 Å². The van der Waals surface area contributed by atoms with Gasteiger partial charge in [-0.25, -0.2) is 9.78 Å². The smallest absolute Gasteiger partial charge is 0.335 e. The lowest BCUT2D eigenvalue weighted by Gasteiger charge is -2.07. The fourth-order valence-electron chi connectivity index (χ4n) is 1.59. The molecule has 1 N–H and O–H groups in total. The molecule has 0 aliphatic carbocycles. The number of nitrogens with zero attached hydrogens (tertiary/aromatic N) is 1. The van der Waals surface area contributed by atoms with Crippen LogP contribution in [0.1, 0.15) is 10.4 Å². The lowest BCUT2D eigenvalue weighted by molar-refractivity contribution is 0.0696. The number of hydrogen-bond donors (Lipinski definition) is 1. The molecule has 0 saturated heterocycles. The van der Waals surface area contributed by atoms with Crippen LogP contribution in [-0.2, 0) is 0 Å². The molecule has 0 saturated carbocycles.